The third kappa shape index (κ3) is 1.87. The molecule has 0 fully saturated rings. The molecule has 0 bridgehead atoms. The van der Waals surface area contributed by atoms with Crippen molar-refractivity contribution in [3.8, 4) is 5.75 Å². The lowest BCUT2D eigenvalue weighted by molar-refractivity contribution is 0.468. The number of rotatable bonds is 1. The van der Waals surface area contributed by atoms with E-state index in [2.05, 4.69) is 37.8 Å². The summed E-state index contributed by atoms with van der Waals surface area (Å²) in [4.78, 5) is 0. The van der Waals surface area contributed by atoms with E-state index in [4.69, 9.17) is 0 Å². The smallest absolute Gasteiger partial charge is 0.120 e. The van der Waals surface area contributed by atoms with Crippen LogP contribution in [-0.4, -0.2) is 5.11 Å². The van der Waals surface area contributed by atoms with Gasteiger partial charge < -0.3 is 5.11 Å². The van der Waals surface area contributed by atoms with Crippen molar-refractivity contribution in [2.45, 2.75) is 19.8 Å². The standard InChI is InChI=1S/C19H18O/c1-3-7-13-10-11-17-18(20)12-14-8-5-6-9-16(14)19(17)15(13)4-2/h3-9,12,20H,1,10-11H2,2H3/b13-7-,15-4+. The van der Waals surface area contributed by atoms with Gasteiger partial charge in [-0.2, -0.15) is 0 Å². The Morgan fingerprint density at radius 1 is 1.20 bits per heavy atom. The summed E-state index contributed by atoms with van der Waals surface area (Å²) in [5.41, 5.74) is 4.77. The minimum atomic E-state index is 0.413. The zero-order valence-electron chi connectivity index (χ0n) is 11.7. The minimum Gasteiger partial charge on any atom is -0.508 e. The predicted molar refractivity (Wildman–Crippen MR) is 85.9 cm³/mol. The number of allylic oxidation sites excluding steroid dienone is 5. The molecule has 0 spiro atoms. The molecular formula is C19H18O. The molecule has 20 heavy (non-hydrogen) atoms. The van der Waals surface area contributed by atoms with E-state index in [-0.39, 0.29) is 0 Å². The van der Waals surface area contributed by atoms with Gasteiger partial charge >= 0.3 is 0 Å². The lowest BCUT2D eigenvalue weighted by Gasteiger charge is -2.24. The van der Waals surface area contributed by atoms with Crippen LogP contribution in [-0.2, 0) is 6.42 Å². The summed E-state index contributed by atoms with van der Waals surface area (Å²) in [7, 11) is 0. The van der Waals surface area contributed by atoms with Crippen LogP contribution < -0.4 is 0 Å². The van der Waals surface area contributed by atoms with E-state index in [1.165, 1.54) is 22.1 Å². The molecule has 1 heteroatoms. The fraction of sp³-hybridized carbons (Fsp3) is 0.158. The van der Waals surface area contributed by atoms with Crippen LogP contribution >= 0.6 is 0 Å². The first kappa shape index (κ1) is 12.7. The Morgan fingerprint density at radius 2 is 2.00 bits per heavy atom. The Kier molecular flexibility index (Phi) is 3.19. The van der Waals surface area contributed by atoms with Crippen LogP contribution in [0, 0.1) is 0 Å². The highest BCUT2D eigenvalue weighted by Crippen LogP contribution is 2.43. The van der Waals surface area contributed by atoms with E-state index in [0.717, 1.165) is 23.8 Å². The van der Waals surface area contributed by atoms with Crippen LogP contribution in [0.5, 0.6) is 5.75 Å². The lowest BCUT2D eigenvalue weighted by atomic mass is 9.80. The summed E-state index contributed by atoms with van der Waals surface area (Å²) in [5.74, 6) is 0.413. The second-order valence-electron chi connectivity index (χ2n) is 5.10. The molecule has 0 unspecified atom stereocenters. The van der Waals surface area contributed by atoms with Crippen LogP contribution in [0.2, 0.25) is 0 Å². The molecule has 3 rings (SSSR count). The van der Waals surface area contributed by atoms with Crippen LogP contribution in [0.25, 0.3) is 16.3 Å². The highest BCUT2D eigenvalue weighted by atomic mass is 16.3. The van der Waals surface area contributed by atoms with Gasteiger partial charge in [0.25, 0.3) is 0 Å². The average molecular weight is 262 g/mol. The summed E-state index contributed by atoms with van der Waals surface area (Å²) in [5, 5.41) is 12.6. The largest absolute Gasteiger partial charge is 0.508 e. The van der Waals surface area contributed by atoms with E-state index in [1.54, 1.807) is 0 Å². The van der Waals surface area contributed by atoms with Gasteiger partial charge in [0.15, 0.2) is 0 Å². The molecule has 100 valence electrons. The molecule has 2 aromatic carbocycles. The van der Waals surface area contributed by atoms with Gasteiger partial charge in [-0.05, 0) is 53.3 Å². The summed E-state index contributed by atoms with van der Waals surface area (Å²) in [6.07, 6.45) is 7.89. The molecule has 0 aromatic heterocycles. The minimum absolute atomic E-state index is 0.413. The lowest BCUT2D eigenvalue weighted by Crippen LogP contribution is -2.06. The summed E-state index contributed by atoms with van der Waals surface area (Å²) in [6.45, 7) is 5.86. The Labute approximate surface area is 119 Å². The van der Waals surface area contributed by atoms with Gasteiger partial charge in [-0.25, -0.2) is 0 Å². The van der Waals surface area contributed by atoms with E-state index in [1.807, 2.05) is 24.3 Å². The summed E-state index contributed by atoms with van der Waals surface area (Å²) < 4.78 is 0. The van der Waals surface area contributed by atoms with Crippen molar-refractivity contribution < 1.29 is 5.11 Å². The molecule has 2 aromatic rings. The maximum Gasteiger partial charge on any atom is 0.120 e. The zero-order valence-corrected chi connectivity index (χ0v) is 11.7. The van der Waals surface area contributed by atoms with Gasteiger partial charge in [0.1, 0.15) is 5.75 Å². The monoisotopic (exact) mass is 262 g/mol. The number of hydrogen-bond donors (Lipinski definition) is 1. The molecular weight excluding hydrogens is 244 g/mol. The summed E-state index contributed by atoms with van der Waals surface area (Å²) in [6, 6.07) is 10.1. The number of hydrogen-bond acceptors (Lipinski definition) is 1. The van der Waals surface area contributed by atoms with Gasteiger partial charge in [0, 0.05) is 5.56 Å². The molecule has 1 N–H and O–H groups in total. The quantitative estimate of drug-likeness (QED) is 0.766. The van der Waals surface area contributed by atoms with Crippen molar-refractivity contribution in [1.82, 2.24) is 0 Å². The van der Waals surface area contributed by atoms with Crippen molar-refractivity contribution >= 4 is 16.3 Å². The normalized spacial score (nSPS) is 18.4. The molecule has 0 amide bonds. The Balaban J connectivity index is 2.39. The molecule has 0 heterocycles. The van der Waals surface area contributed by atoms with Crippen molar-refractivity contribution in [2.24, 2.45) is 0 Å². The molecule has 1 aliphatic rings. The number of phenols is 1. The van der Waals surface area contributed by atoms with Crippen molar-refractivity contribution in [3.05, 3.63) is 71.8 Å². The van der Waals surface area contributed by atoms with Crippen molar-refractivity contribution in [2.75, 3.05) is 0 Å². The molecule has 1 nitrogen and oxygen atoms in total. The maximum absolute atomic E-state index is 10.3. The highest BCUT2D eigenvalue weighted by molar-refractivity contribution is 6.01. The van der Waals surface area contributed by atoms with E-state index in [9.17, 15) is 5.11 Å². The molecule has 0 aliphatic heterocycles. The number of aromatic hydroxyl groups is 1. The Bertz CT molecular complexity index is 748. The first-order valence-electron chi connectivity index (χ1n) is 6.98. The van der Waals surface area contributed by atoms with Crippen LogP contribution in [0.3, 0.4) is 0 Å². The van der Waals surface area contributed by atoms with Gasteiger partial charge in [-0.3, -0.25) is 0 Å². The average Bonchev–Trinajstić information content (AvgIpc) is 2.47. The Morgan fingerprint density at radius 3 is 2.75 bits per heavy atom. The SMILES string of the molecule is C=C/C=C1/CCc2c(O)cc3ccccc3c2/C1=C/C. The first-order valence-corrected chi connectivity index (χ1v) is 6.98. The zero-order chi connectivity index (χ0) is 14.1. The van der Waals surface area contributed by atoms with Gasteiger partial charge in [-0.1, -0.05) is 49.1 Å². The first-order chi connectivity index (χ1) is 9.76. The van der Waals surface area contributed by atoms with Crippen LogP contribution in [0.4, 0.5) is 0 Å². The number of benzene rings is 2. The van der Waals surface area contributed by atoms with E-state index in [0.29, 0.717) is 5.75 Å². The predicted octanol–water partition coefficient (Wildman–Crippen LogP) is 5.01. The topological polar surface area (TPSA) is 20.2 Å². The van der Waals surface area contributed by atoms with Gasteiger partial charge in [0.2, 0.25) is 0 Å². The van der Waals surface area contributed by atoms with Crippen molar-refractivity contribution in [1.29, 1.82) is 0 Å². The van der Waals surface area contributed by atoms with E-state index < -0.39 is 0 Å². The third-order valence-electron chi connectivity index (χ3n) is 4.00. The maximum atomic E-state index is 10.3. The number of fused-ring (bicyclic) bond motifs is 3. The molecule has 1 aliphatic carbocycles. The van der Waals surface area contributed by atoms with Crippen LogP contribution in [0.1, 0.15) is 24.5 Å². The van der Waals surface area contributed by atoms with Crippen LogP contribution in [0.15, 0.2) is 60.7 Å². The van der Waals surface area contributed by atoms with Gasteiger partial charge in [0.05, 0.1) is 0 Å². The number of phenolic OH excluding ortho intramolecular Hbond substituents is 1. The molecule has 0 radical (unpaired) electrons. The highest BCUT2D eigenvalue weighted by Gasteiger charge is 2.22. The second kappa shape index (κ2) is 5.01. The third-order valence-corrected chi connectivity index (χ3v) is 4.00. The molecule has 0 atom stereocenters. The summed E-state index contributed by atoms with van der Waals surface area (Å²) >= 11 is 0. The molecule has 0 saturated carbocycles. The van der Waals surface area contributed by atoms with Crippen molar-refractivity contribution in [3.63, 3.8) is 0 Å². The van der Waals surface area contributed by atoms with E-state index >= 15 is 0 Å². The molecule has 0 saturated heterocycles. The fourth-order valence-electron chi connectivity index (χ4n) is 3.14. The second-order valence-corrected chi connectivity index (χ2v) is 5.10. The Hall–Kier alpha value is -2.28. The fourth-order valence-corrected chi connectivity index (χ4v) is 3.14. The van der Waals surface area contributed by atoms with Gasteiger partial charge in [-0.15, -0.1) is 0 Å².